The van der Waals surface area contributed by atoms with Crippen molar-refractivity contribution in [1.82, 2.24) is 13.9 Å². The van der Waals surface area contributed by atoms with Crippen LogP contribution in [0.2, 0.25) is 6.32 Å². The van der Waals surface area contributed by atoms with Crippen LogP contribution in [0.15, 0.2) is 30.3 Å². The highest BCUT2D eigenvalue weighted by Crippen LogP contribution is 2.34. The zero-order valence-electron chi connectivity index (χ0n) is 17.4. The average Bonchev–Trinajstić information content (AvgIpc) is 3.36. The number of carboxylic acids is 1. The molecule has 0 aliphatic carbocycles. The number of nitrogens with one attached hydrogen (secondary N) is 1. The Kier molecular flexibility index (Phi) is 7.74. The molecule has 6 N–H and O–H groups in total. The number of benzene rings is 1. The molecule has 2 heterocycles. The summed E-state index contributed by atoms with van der Waals surface area (Å²) in [5, 5.41) is 31.1. The minimum atomic E-state index is -3.98. The standard InChI is InChI=1S/C19H31BN4O6S/c21-19(18(25)26)14-23(13-16(19)7-4-9-20(27)28)31(29,30)24(17-8-10-22-11-17)12-15-5-2-1-3-6-15/h1-3,5-6,16-17,22,27-28H,4,7-14,21H2,(H,25,26)/t16-,17+,19-/m0/s1. The van der Waals surface area contributed by atoms with E-state index in [0.717, 1.165) is 5.56 Å². The summed E-state index contributed by atoms with van der Waals surface area (Å²) in [7, 11) is -5.47. The number of carbonyl (C=O) groups is 1. The lowest BCUT2D eigenvalue weighted by atomic mass is 9.78. The number of hydrogen-bond acceptors (Lipinski definition) is 7. The lowest BCUT2D eigenvalue weighted by molar-refractivity contribution is -0.144. The van der Waals surface area contributed by atoms with E-state index < -0.39 is 34.8 Å². The molecule has 172 valence electrons. The van der Waals surface area contributed by atoms with Gasteiger partial charge in [-0.15, -0.1) is 0 Å². The summed E-state index contributed by atoms with van der Waals surface area (Å²) < 4.78 is 29.9. The minimum Gasteiger partial charge on any atom is -0.480 e. The van der Waals surface area contributed by atoms with Gasteiger partial charge in [0.05, 0.1) is 0 Å². The molecule has 0 saturated carbocycles. The van der Waals surface area contributed by atoms with Gasteiger partial charge in [0.25, 0.3) is 10.2 Å². The minimum absolute atomic E-state index is 0.0158. The molecule has 12 heteroatoms. The highest BCUT2D eigenvalue weighted by Gasteiger charge is 2.53. The van der Waals surface area contributed by atoms with E-state index >= 15 is 0 Å². The second-order valence-corrected chi connectivity index (χ2v) is 10.3. The lowest BCUT2D eigenvalue weighted by Gasteiger charge is -2.32. The highest BCUT2D eigenvalue weighted by molar-refractivity contribution is 7.86. The van der Waals surface area contributed by atoms with Gasteiger partial charge in [-0.2, -0.15) is 17.0 Å². The molecule has 0 unspecified atom stereocenters. The second kappa shape index (κ2) is 9.95. The topological polar surface area (TPSA) is 156 Å². The van der Waals surface area contributed by atoms with Crippen molar-refractivity contribution in [2.24, 2.45) is 11.7 Å². The number of nitrogens with zero attached hydrogens (tertiary/aromatic N) is 2. The monoisotopic (exact) mass is 454 g/mol. The summed E-state index contributed by atoms with van der Waals surface area (Å²) in [6.07, 6.45) is 1.37. The molecule has 2 saturated heterocycles. The summed E-state index contributed by atoms with van der Waals surface area (Å²) in [5.41, 5.74) is 5.32. The average molecular weight is 454 g/mol. The Morgan fingerprint density at radius 1 is 1.32 bits per heavy atom. The Balaban J connectivity index is 1.83. The van der Waals surface area contributed by atoms with Crippen LogP contribution in [-0.4, -0.2) is 83.0 Å². The maximum atomic E-state index is 13.7. The van der Waals surface area contributed by atoms with Gasteiger partial charge in [-0.05, 0) is 31.3 Å². The van der Waals surface area contributed by atoms with Crippen LogP contribution in [-0.2, 0) is 21.5 Å². The van der Waals surface area contributed by atoms with Crippen LogP contribution < -0.4 is 11.1 Å². The van der Waals surface area contributed by atoms with E-state index in [-0.39, 0.29) is 38.4 Å². The van der Waals surface area contributed by atoms with Gasteiger partial charge < -0.3 is 26.2 Å². The maximum Gasteiger partial charge on any atom is 0.451 e. The van der Waals surface area contributed by atoms with Crippen molar-refractivity contribution in [2.75, 3.05) is 26.2 Å². The Morgan fingerprint density at radius 2 is 2.03 bits per heavy atom. The van der Waals surface area contributed by atoms with E-state index in [2.05, 4.69) is 5.32 Å². The van der Waals surface area contributed by atoms with Crippen molar-refractivity contribution in [1.29, 1.82) is 0 Å². The first-order chi connectivity index (χ1) is 14.6. The van der Waals surface area contributed by atoms with Crippen LogP contribution >= 0.6 is 0 Å². The van der Waals surface area contributed by atoms with Crippen LogP contribution in [0.1, 0.15) is 24.8 Å². The Bertz CT molecular complexity index is 852. The molecule has 31 heavy (non-hydrogen) atoms. The quantitative estimate of drug-likeness (QED) is 0.284. The van der Waals surface area contributed by atoms with E-state index in [9.17, 15) is 18.3 Å². The van der Waals surface area contributed by atoms with Gasteiger partial charge in [0.15, 0.2) is 0 Å². The van der Waals surface area contributed by atoms with Gasteiger partial charge in [0.2, 0.25) is 0 Å². The number of nitrogens with two attached hydrogens (primary N) is 1. The first kappa shape index (κ1) is 24.1. The number of carboxylic acid groups (broad SMARTS) is 1. The van der Waals surface area contributed by atoms with E-state index in [4.69, 9.17) is 15.8 Å². The molecule has 2 aliphatic rings. The molecule has 3 atom stereocenters. The van der Waals surface area contributed by atoms with Gasteiger partial charge in [0.1, 0.15) is 5.54 Å². The molecule has 2 fully saturated rings. The third-order valence-corrected chi connectivity index (χ3v) is 8.20. The Hall–Kier alpha value is -1.54. The van der Waals surface area contributed by atoms with Crippen LogP contribution in [0.3, 0.4) is 0 Å². The fourth-order valence-electron chi connectivity index (χ4n) is 4.40. The van der Waals surface area contributed by atoms with Gasteiger partial charge in [-0.1, -0.05) is 36.8 Å². The number of hydrogen-bond donors (Lipinski definition) is 5. The van der Waals surface area contributed by atoms with E-state index in [1.54, 1.807) is 0 Å². The van der Waals surface area contributed by atoms with E-state index in [1.807, 2.05) is 30.3 Å². The smallest absolute Gasteiger partial charge is 0.451 e. The van der Waals surface area contributed by atoms with Crippen molar-refractivity contribution in [3.63, 3.8) is 0 Å². The highest BCUT2D eigenvalue weighted by atomic mass is 32.2. The Morgan fingerprint density at radius 3 is 2.61 bits per heavy atom. The molecule has 1 aromatic rings. The molecule has 0 amide bonds. The van der Waals surface area contributed by atoms with Gasteiger partial charge in [0, 0.05) is 38.1 Å². The van der Waals surface area contributed by atoms with Crippen molar-refractivity contribution in [3.8, 4) is 0 Å². The van der Waals surface area contributed by atoms with Gasteiger partial charge in [-0.3, -0.25) is 4.79 Å². The number of aliphatic carboxylic acids is 1. The lowest BCUT2D eigenvalue weighted by Crippen LogP contribution is -2.56. The molecular formula is C19H31BN4O6S. The van der Waals surface area contributed by atoms with Crippen LogP contribution in [0.25, 0.3) is 0 Å². The first-order valence-corrected chi connectivity index (χ1v) is 11.9. The maximum absolute atomic E-state index is 13.7. The molecular weight excluding hydrogens is 423 g/mol. The molecule has 0 bridgehead atoms. The zero-order chi connectivity index (χ0) is 22.6. The third kappa shape index (κ3) is 5.45. The molecule has 3 rings (SSSR count). The number of rotatable bonds is 10. The van der Waals surface area contributed by atoms with Crippen LogP contribution in [0.5, 0.6) is 0 Å². The predicted molar refractivity (Wildman–Crippen MR) is 116 cm³/mol. The van der Waals surface area contributed by atoms with E-state index in [0.29, 0.717) is 25.9 Å². The van der Waals surface area contributed by atoms with Crippen molar-refractivity contribution < 1.29 is 28.4 Å². The second-order valence-electron chi connectivity index (χ2n) is 8.43. The fraction of sp³-hybridized carbons (Fsp3) is 0.632. The van der Waals surface area contributed by atoms with E-state index in [1.165, 1.54) is 8.61 Å². The SMILES string of the molecule is N[C@@]1(C(=O)O)CN(S(=O)(=O)N(Cc2ccccc2)[C@@H]2CCNC2)C[C@@H]1CCCB(O)O. The molecule has 10 nitrogen and oxygen atoms in total. The van der Waals surface area contributed by atoms with Crippen molar-refractivity contribution >= 4 is 23.3 Å². The van der Waals surface area contributed by atoms with Crippen LogP contribution in [0.4, 0.5) is 0 Å². The zero-order valence-corrected chi connectivity index (χ0v) is 18.2. The largest absolute Gasteiger partial charge is 0.480 e. The van der Waals surface area contributed by atoms with Crippen molar-refractivity contribution in [2.45, 2.75) is 43.7 Å². The predicted octanol–water partition coefficient (Wildman–Crippen LogP) is -0.938. The first-order valence-electron chi connectivity index (χ1n) is 10.5. The summed E-state index contributed by atoms with van der Waals surface area (Å²) in [5.74, 6) is -1.88. The summed E-state index contributed by atoms with van der Waals surface area (Å²) in [4.78, 5) is 12.0. The molecule has 2 aliphatic heterocycles. The molecule has 0 spiro atoms. The van der Waals surface area contributed by atoms with Gasteiger partial charge in [-0.25, -0.2) is 0 Å². The van der Waals surface area contributed by atoms with Crippen molar-refractivity contribution in [3.05, 3.63) is 35.9 Å². The fourth-order valence-corrected chi connectivity index (χ4v) is 6.31. The molecule has 0 radical (unpaired) electrons. The summed E-state index contributed by atoms with van der Waals surface area (Å²) in [6.45, 7) is 1.11. The Labute approximate surface area is 183 Å². The van der Waals surface area contributed by atoms with Crippen LogP contribution in [0, 0.1) is 5.92 Å². The molecule has 1 aromatic carbocycles. The van der Waals surface area contributed by atoms with Gasteiger partial charge >= 0.3 is 13.1 Å². The molecule has 0 aromatic heterocycles. The summed E-state index contributed by atoms with van der Waals surface area (Å²) >= 11 is 0. The third-order valence-electron chi connectivity index (χ3n) is 6.25. The summed E-state index contributed by atoms with van der Waals surface area (Å²) in [6, 6.07) is 9.06. The normalized spacial score (nSPS) is 27.1.